The molecular weight excluding hydrogens is 442 g/mol. The Labute approximate surface area is 200 Å². The molecule has 0 aromatic heterocycles. The second kappa shape index (κ2) is 11.2. The van der Waals surface area contributed by atoms with E-state index in [4.69, 9.17) is 4.74 Å². The number of amides is 3. The van der Waals surface area contributed by atoms with Crippen molar-refractivity contribution in [2.75, 3.05) is 13.7 Å². The SMILES string of the molecule is COC(=O)CNC(=O)C(c1ccc(O)cc1)N(C(=O)C(NC(=O)OC(C)(C)C)C(C)C)C1CC1. The quantitative estimate of drug-likeness (QED) is 0.465. The van der Waals surface area contributed by atoms with E-state index in [2.05, 4.69) is 15.4 Å². The lowest BCUT2D eigenvalue weighted by Crippen LogP contribution is -2.55. The highest BCUT2D eigenvalue weighted by Gasteiger charge is 2.44. The molecule has 0 spiro atoms. The van der Waals surface area contributed by atoms with Crippen molar-refractivity contribution in [3.63, 3.8) is 0 Å². The number of nitrogens with zero attached hydrogens (tertiary/aromatic N) is 1. The zero-order valence-corrected chi connectivity index (χ0v) is 20.6. The average molecular weight is 478 g/mol. The van der Waals surface area contributed by atoms with Crippen molar-refractivity contribution in [1.29, 1.82) is 0 Å². The van der Waals surface area contributed by atoms with Crippen molar-refractivity contribution in [2.45, 2.75) is 71.2 Å². The number of ether oxygens (including phenoxy) is 2. The second-order valence-electron chi connectivity index (χ2n) is 9.63. The number of methoxy groups -OCH3 is 1. The molecule has 34 heavy (non-hydrogen) atoms. The Morgan fingerprint density at radius 2 is 1.71 bits per heavy atom. The molecule has 0 heterocycles. The minimum atomic E-state index is -1.08. The lowest BCUT2D eigenvalue weighted by Gasteiger charge is -2.35. The van der Waals surface area contributed by atoms with Crippen molar-refractivity contribution in [1.82, 2.24) is 15.5 Å². The van der Waals surface area contributed by atoms with Crippen molar-refractivity contribution < 1.29 is 33.8 Å². The lowest BCUT2D eigenvalue weighted by molar-refractivity contribution is -0.145. The molecule has 0 radical (unpaired) electrons. The number of rotatable bonds is 9. The van der Waals surface area contributed by atoms with E-state index in [9.17, 15) is 24.3 Å². The topological polar surface area (TPSA) is 134 Å². The van der Waals surface area contributed by atoms with E-state index in [1.807, 2.05) is 0 Å². The fourth-order valence-corrected chi connectivity index (χ4v) is 3.40. The van der Waals surface area contributed by atoms with Crippen molar-refractivity contribution in [3.8, 4) is 5.75 Å². The third-order valence-electron chi connectivity index (χ3n) is 5.17. The summed E-state index contributed by atoms with van der Waals surface area (Å²) in [6, 6.07) is 3.71. The van der Waals surface area contributed by atoms with Crippen molar-refractivity contribution in [3.05, 3.63) is 29.8 Å². The number of carbonyl (C=O) groups is 4. The number of esters is 1. The molecule has 1 aliphatic rings. The van der Waals surface area contributed by atoms with E-state index in [0.29, 0.717) is 18.4 Å². The van der Waals surface area contributed by atoms with Gasteiger partial charge in [0, 0.05) is 6.04 Å². The summed E-state index contributed by atoms with van der Waals surface area (Å²) in [6.45, 7) is 8.39. The van der Waals surface area contributed by atoms with Gasteiger partial charge in [-0.05, 0) is 57.2 Å². The number of carbonyl (C=O) groups excluding carboxylic acids is 4. The number of hydrogen-bond donors (Lipinski definition) is 3. The summed E-state index contributed by atoms with van der Waals surface area (Å²) in [5, 5.41) is 14.9. The van der Waals surface area contributed by atoms with Crippen LogP contribution < -0.4 is 10.6 Å². The number of aromatic hydroxyl groups is 1. The second-order valence-corrected chi connectivity index (χ2v) is 9.63. The summed E-state index contributed by atoms with van der Waals surface area (Å²) in [6.07, 6.45) is 0.663. The van der Waals surface area contributed by atoms with Crippen molar-refractivity contribution >= 4 is 23.9 Å². The number of benzene rings is 1. The number of alkyl carbamates (subject to hydrolysis) is 1. The van der Waals surface area contributed by atoms with E-state index in [1.54, 1.807) is 46.8 Å². The maximum absolute atomic E-state index is 13.8. The van der Waals surface area contributed by atoms with Gasteiger partial charge in [0.05, 0.1) is 7.11 Å². The van der Waals surface area contributed by atoms with Crippen LogP contribution in [-0.4, -0.2) is 65.2 Å². The summed E-state index contributed by atoms with van der Waals surface area (Å²) in [7, 11) is 1.21. The number of phenolic OH excluding ortho intramolecular Hbond substituents is 1. The molecule has 2 unspecified atom stereocenters. The summed E-state index contributed by atoms with van der Waals surface area (Å²) >= 11 is 0. The molecule has 0 bridgehead atoms. The molecule has 1 aromatic rings. The van der Waals surface area contributed by atoms with Crippen LogP contribution in [-0.2, 0) is 23.9 Å². The van der Waals surface area contributed by atoms with Gasteiger partial charge >= 0.3 is 12.1 Å². The van der Waals surface area contributed by atoms with Crippen LogP contribution in [0.5, 0.6) is 5.75 Å². The van der Waals surface area contributed by atoms with E-state index >= 15 is 0 Å². The van der Waals surface area contributed by atoms with Crippen LogP contribution in [0.15, 0.2) is 24.3 Å². The first-order valence-corrected chi connectivity index (χ1v) is 11.3. The number of hydrogen-bond acceptors (Lipinski definition) is 7. The van der Waals surface area contributed by atoms with Crippen LogP contribution in [0, 0.1) is 5.92 Å². The molecule has 1 fully saturated rings. The minimum Gasteiger partial charge on any atom is -0.508 e. The Kier molecular flexibility index (Phi) is 8.89. The maximum Gasteiger partial charge on any atom is 0.408 e. The summed E-state index contributed by atoms with van der Waals surface area (Å²) in [5.74, 6) is -1.92. The van der Waals surface area contributed by atoms with Crippen LogP contribution in [0.3, 0.4) is 0 Å². The highest BCUT2D eigenvalue weighted by molar-refractivity contribution is 5.93. The fourth-order valence-electron chi connectivity index (χ4n) is 3.40. The van der Waals surface area contributed by atoms with E-state index < -0.39 is 41.6 Å². The van der Waals surface area contributed by atoms with Gasteiger partial charge in [-0.15, -0.1) is 0 Å². The predicted octanol–water partition coefficient (Wildman–Crippen LogP) is 2.26. The summed E-state index contributed by atoms with van der Waals surface area (Å²) in [4.78, 5) is 52.5. The first-order chi connectivity index (χ1) is 15.8. The molecule has 0 saturated heterocycles. The highest BCUT2D eigenvalue weighted by atomic mass is 16.6. The van der Waals surface area contributed by atoms with Crippen molar-refractivity contribution in [2.24, 2.45) is 5.92 Å². The minimum absolute atomic E-state index is 0.00779. The Balaban J connectivity index is 2.39. The fraction of sp³-hybridized carbons (Fsp3) is 0.583. The molecule has 3 amide bonds. The normalized spacial score (nSPS) is 15.1. The maximum atomic E-state index is 13.8. The third-order valence-corrected chi connectivity index (χ3v) is 5.17. The molecule has 1 aromatic carbocycles. The van der Waals surface area contributed by atoms with Gasteiger partial charge in [-0.2, -0.15) is 0 Å². The predicted molar refractivity (Wildman–Crippen MR) is 124 cm³/mol. The zero-order valence-electron chi connectivity index (χ0n) is 20.6. The van der Waals surface area contributed by atoms with Crippen LogP contribution in [0.25, 0.3) is 0 Å². The Bertz CT molecular complexity index is 889. The van der Waals surface area contributed by atoms with Gasteiger partial charge < -0.3 is 30.1 Å². The van der Waals surface area contributed by atoms with E-state index in [0.717, 1.165) is 0 Å². The first kappa shape index (κ1) is 26.9. The van der Waals surface area contributed by atoms with E-state index in [-0.39, 0.29) is 24.3 Å². The summed E-state index contributed by atoms with van der Waals surface area (Å²) in [5.41, 5.74) is -0.284. The Morgan fingerprint density at radius 3 is 2.18 bits per heavy atom. The number of nitrogens with one attached hydrogen (secondary N) is 2. The van der Waals surface area contributed by atoms with Gasteiger partial charge in [-0.25, -0.2) is 4.79 Å². The van der Waals surface area contributed by atoms with Gasteiger partial charge in [-0.1, -0.05) is 26.0 Å². The molecule has 10 heteroatoms. The van der Waals surface area contributed by atoms with Crippen LogP contribution >= 0.6 is 0 Å². The Morgan fingerprint density at radius 1 is 1.12 bits per heavy atom. The monoisotopic (exact) mass is 477 g/mol. The largest absolute Gasteiger partial charge is 0.508 e. The molecule has 188 valence electrons. The zero-order chi connectivity index (χ0) is 25.6. The third kappa shape index (κ3) is 7.64. The molecule has 2 atom stereocenters. The molecule has 1 aliphatic carbocycles. The molecule has 3 N–H and O–H groups in total. The van der Waals surface area contributed by atoms with Gasteiger partial charge in [-0.3, -0.25) is 14.4 Å². The Hall–Kier alpha value is -3.30. The molecule has 2 rings (SSSR count). The standard InChI is InChI=1S/C24H35N3O7/c1-14(2)19(26-23(32)34-24(3,4)5)22(31)27(16-9-10-16)20(15-7-11-17(28)12-8-15)21(30)25-13-18(29)33-6/h7-8,11-12,14,16,19-20,28H,9-10,13H2,1-6H3,(H,25,30)(H,26,32). The average Bonchev–Trinajstić information content (AvgIpc) is 3.57. The molecule has 0 aliphatic heterocycles. The molecule has 1 saturated carbocycles. The van der Waals surface area contributed by atoms with E-state index in [1.165, 1.54) is 24.1 Å². The van der Waals surface area contributed by atoms with Gasteiger partial charge in [0.1, 0.15) is 30.0 Å². The van der Waals surface area contributed by atoms with Gasteiger partial charge in [0.15, 0.2) is 0 Å². The molecular formula is C24H35N3O7. The van der Waals surface area contributed by atoms with Crippen LogP contribution in [0.2, 0.25) is 0 Å². The smallest absolute Gasteiger partial charge is 0.408 e. The highest BCUT2D eigenvalue weighted by Crippen LogP contribution is 2.36. The van der Waals surface area contributed by atoms with Crippen LogP contribution in [0.1, 0.15) is 59.1 Å². The molecule has 10 nitrogen and oxygen atoms in total. The lowest BCUT2D eigenvalue weighted by atomic mass is 9.98. The van der Waals surface area contributed by atoms with Gasteiger partial charge in [0.2, 0.25) is 11.8 Å². The van der Waals surface area contributed by atoms with Crippen LogP contribution in [0.4, 0.5) is 4.79 Å². The number of phenols is 1. The summed E-state index contributed by atoms with van der Waals surface area (Å²) < 4.78 is 9.92. The van der Waals surface area contributed by atoms with Gasteiger partial charge in [0.25, 0.3) is 0 Å². The first-order valence-electron chi connectivity index (χ1n) is 11.3.